The largest absolute Gasteiger partial charge is 0.493 e. The highest BCUT2D eigenvalue weighted by atomic mass is 16.5. The van der Waals surface area contributed by atoms with Gasteiger partial charge in [0.05, 0.1) is 39.5 Å². The average molecular weight is 387 g/mol. The van der Waals surface area contributed by atoms with Crippen LogP contribution in [0.4, 0.5) is 5.69 Å². The molecule has 1 atom stereocenters. The highest BCUT2D eigenvalue weighted by molar-refractivity contribution is 5.95. The molecule has 150 valence electrons. The van der Waals surface area contributed by atoms with Gasteiger partial charge in [0.2, 0.25) is 0 Å². The van der Waals surface area contributed by atoms with Gasteiger partial charge in [-0.2, -0.15) is 0 Å². The van der Waals surface area contributed by atoms with E-state index in [1.54, 1.807) is 32.4 Å². The van der Waals surface area contributed by atoms with Crippen molar-refractivity contribution in [3.8, 4) is 11.5 Å². The van der Waals surface area contributed by atoms with E-state index in [4.69, 9.17) is 14.2 Å². The smallest absolute Gasteiger partial charge is 0.337 e. The van der Waals surface area contributed by atoms with Crippen molar-refractivity contribution in [1.82, 2.24) is 0 Å². The third kappa shape index (κ3) is 5.23. The van der Waals surface area contributed by atoms with Gasteiger partial charge in [0, 0.05) is 5.69 Å². The Bertz CT molecular complexity index is 851. The molecule has 2 aromatic carbocycles. The van der Waals surface area contributed by atoms with E-state index in [-0.39, 0.29) is 12.5 Å². The molecule has 7 nitrogen and oxygen atoms in total. The molecule has 28 heavy (non-hydrogen) atoms. The van der Waals surface area contributed by atoms with Gasteiger partial charge in [0.1, 0.15) is 6.54 Å². The van der Waals surface area contributed by atoms with Crippen molar-refractivity contribution < 1.29 is 28.7 Å². The Kier molecular flexibility index (Phi) is 7.40. The summed E-state index contributed by atoms with van der Waals surface area (Å²) in [5.74, 6) is 0.742. The van der Waals surface area contributed by atoms with Crippen molar-refractivity contribution in [3.05, 3.63) is 53.1 Å². The lowest BCUT2D eigenvalue weighted by atomic mass is 10.1. The average Bonchev–Trinajstić information content (AvgIpc) is 2.68. The minimum atomic E-state index is -0.441. The van der Waals surface area contributed by atoms with Gasteiger partial charge in [-0.3, -0.25) is 4.79 Å². The number of benzene rings is 2. The monoisotopic (exact) mass is 387 g/mol. The van der Waals surface area contributed by atoms with Crippen LogP contribution in [0.15, 0.2) is 36.4 Å². The number of esters is 1. The quantitative estimate of drug-likeness (QED) is 0.671. The first-order chi connectivity index (χ1) is 13.4. The molecular formula is C21H27N2O5+. The van der Waals surface area contributed by atoms with E-state index in [1.165, 1.54) is 7.11 Å². The second kappa shape index (κ2) is 9.75. The minimum Gasteiger partial charge on any atom is -0.493 e. The third-order valence-corrected chi connectivity index (χ3v) is 4.37. The van der Waals surface area contributed by atoms with Crippen LogP contribution in [-0.4, -0.2) is 46.8 Å². The van der Waals surface area contributed by atoms with Crippen molar-refractivity contribution in [2.24, 2.45) is 0 Å². The van der Waals surface area contributed by atoms with Gasteiger partial charge in [-0.05, 0) is 36.8 Å². The van der Waals surface area contributed by atoms with Gasteiger partial charge in [-0.1, -0.05) is 12.1 Å². The zero-order chi connectivity index (χ0) is 20.7. The molecule has 2 N–H and O–H groups in total. The molecular weight excluding hydrogens is 360 g/mol. The number of hydrogen-bond donors (Lipinski definition) is 2. The molecule has 0 fully saturated rings. The number of quaternary nitrogens is 1. The lowest BCUT2D eigenvalue weighted by Gasteiger charge is -2.17. The summed E-state index contributed by atoms with van der Waals surface area (Å²) in [4.78, 5) is 25.2. The Morgan fingerprint density at radius 3 is 2.46 bits per heavy atom. The van der Waals surface area contributed by atoms with Crippen molar-refractivity contribution in [1.29, 1.82) is 0 Å². The predicted molar refractivity (Wildman–Crippen MR) is 106 cm³/mol. The van der Waals surface area contributed by atoms with E-state index in [2.05, 4.69) is 5.32 Å². The Morgan fingerprint density at radius 1 is 1.07 bits per heavy atom. The standard InChI is InChI=1S/C21H26N2O5/c1-14-9-10-15(21(25)28-5)11-17(14)22-19(24)13-23(2)12-16-7-6-8-18(26-3)20(16)27-4/h6-11H,12-13H2,1-5H3,(H,22,24)/p+1. The number of amides is 1. The number of aryl methyl sites for hydroxylation is 1. The van der Waals surface area contributed by atoms with Gasteiger partial charge >= 0.3 is 5.97 Å². The predicted octanol–water partition coefficient (Wildman–Crippen LogP) is 1.45. The highest BCUT2D eigenvalue weighted by Crippen LogP contribution is 2.30. The maximum Gasteiger partial charge on any atom is 0.337 e. The fourth-order valence-corrected chi connectivity index (χ4v) is 2.95. The summed E-state index contributed by atoms with van der Waals surface area (Å²) in [5, 5.41) is 2.87. The number of anilines is 1. The van der Waals surface area contributed by atoms with Gasteiger partial charge in [-0.15, -0.1) is 0 Å². The van der Waals surface area contributed by atoms with Gasteiger partial charge in [0.25, 0.3) is 5.91 Å². The maximum atomic E-state index is 12.5. The van der Waals surface area contributed by atoms with Gasteiger partial charge in [0.15, 0.2) is 18.0 Å². The van der Waals surface area contributed by atoms with Crippen molar-refractivity contribution >= 4 is 17.6 Å². The number of likely N-dealkylation sites (N-methyl/N-ethyl adjacent to an activating group) is 1. The molecule has 1 amide bonds. The summed E-state index contributed by atoms with van der Waals surface area (Å²) in [5.41, 5.74) is 2.81. The molecule has 7 heteroatoms. The normalized spacial score (nSPS) is 11.5. The topological polar surface area (TPSA) is 78.3 Å². The number of carbonyl (C=O) groups is 2. The molecule has 0 aromatic heterocycles. The van der Waals surface area contributed by atoms with E-state index >= 15 is 0 Å². The Hall–Kier alpha value is -3.06. The SMILES string of the molecule is COC(=O)c1ccc(C)c(NC(=O)C[NH+](C)Cc2cccc(OC)c2OC)c1. The highest BCUT2D eigenvalue weighted by Gasteiger charge is 2.17. The molecule has 0 bridgehead atoms. The van der Waals surface area contributed by atoms with Crippen molar-refractivity contribution in [3.63, 3.8) is 0 Å². The van der Waals surface area contributed by atoms with Crippen LogP contribution in [0.25, 0.3) is 0 Å². The fourth-order valence-electron chi connectivity index (χ4n) is 2.95. The number of hydrogen-bond acceptors (Lipinski definition) is 5. The first-order valence-corrected chi connectivity index (χ1v) is 8.89. The first-order valence-electron chi connectivity index (χ1n) is 8.89. The van der Waals surface area contributed by atoms with Gasteiger partial charge in [-0.25, -0.2) is 4.79 Å². The van der Waals surface area contributed by atoms with Crippen LogP contribution in [0.3, 0.4) is 0 Å². The van der Waals surface area contributed by atoms with E-state index in [9.17, 15) is 9.59 Å². The maximum absolute atomic E-state index is 12.5. The summed E-state index contributed by atoms with van der Waals surface area (Å²) in [6, 6.07) is 10.8. The van der Waals surface area contributed by atoms with Crippen LogP contribution in [0.1, 0.15) is 21.5 Å². The number of carbonyl (C=O) groups excluding carboxylic acids is 2. The molecule has 0 radical (unpaired) electrons. The second-order valence-corrected chi connectivity index (χ2v) is 6.53. The molecule has 0 spiro atoms. The number of ether oxygens (including phenoxy) is 3. The first kappa shape index (κ1) is 21.2. The molecule has 2 aromatic rings. The zero-order valence-electron chi connectivity index (χ0n) is 16.9. The Morgan fingerprint density at radius 2 is 1.82 bits per heavy atom. The molecule has 2 rings (SSSR count). The molecule has 0 saturated carbocycles. The molecule has 0 aliphatic heterocycles. The molecule has 0 aliphatic carbocycles. The molecule has 0 saturated heterocycles. The zero-order valence-corrected chi connectivity index (χ0v) is 16.9. The van der Waals surface area contributed by atoms with Crippen LogP contribution in [0.2, 0.25) is 0 Å². The van der Waals surface area contributed by atoms with Crippen LogP contribution in [0, 0.1) is 6.92 Å². The fraction of sp³-hybridized carbons (Fsp3) is 0.333. The van der Waals surface area contributed by atoms with Crippen LogP contribution >= 0.6 is 0 Å². The second-order valence-electron chi connectivity index (χ2n) is 6.53. The summed E-state index contributed by atoms with van der Waals surface area (Å²) >= 11 is 0. The Balaban J connectivity index is 2.05. The summed E-state index contributed by atoms with van der Waals surface area (Å²) in [6.07, 6.45) is 0. The molecule has 1 unspecified atom stereocenters. The number of methoxy groups -OCH3 is 3. The van der Waals surface area contributed by atoms with E-state index in [0.717, 1.165) is 16.0 Å². The van der Waals surface area contributed by atoms with Crippen molar-refractivity contribution in [2.75, 3.05) is 40.2 Å². The van der Waals surface area contributed by atoms with E-state index < -0.39 is 5.97 Å². The summed E-state index contributed by atoms with van der Waals surface area (Å²) < 4.78 is 15.5. The van der Waals surface area contributed by atoms with Crippen LogP contribution in [0.5, 0.6) is 11.5 Å². The van der Waals surface area contributed by atoms with Crippen LogP contribution in [-0.2, 0) is 16.1 Å². The number of rotatable bonds is 8. The van der Waals surface area contributed by atoms with Crippen LogP contribution < -0.4 is 19.7 Å². The Labute approximate surface area is 165 Å². The lowest BCUT2D eigenvalue weighted by Crippen LogP contribution is -3.08. The van der Waals surface area contributed by atoms with E-state index in [1.807, 2.05) is 32.2 Å². The molecule has 0 heterocycles. The summed E-state index contributed by atoms with van der Waals surface area (Å²) in [7, 11) is 6.44. The third-order valence-electron chi connectivity index (χ3n) is 4.37. The minimum absolute atomic E-state index is 0.149. The van der Waals surface area contributed by atoms with E-state index in [0.29, 0.717) is 29.3 Å². The van der Waals surface area contributed by atoms with Crippen molar-refractivity contribution in [2.45, 2.75) is 13.5 Å². The summed E-state index contributed by atoms with van der Waals surface area (Å²) in [6.45, 7) is 2.71. The molecule has 0 aliphatic rings. The lowest BCUT2D eigenvalue weighted by molar-refractivity contribution is -0.885. The van der Waals surface area contributed by atoms with Gasteiger partial charge < -0.3 is 24.4 Å². The number of para-hydroxylation sites is 1. The number of nitrogens with one attached hydrogen (secondary N) is 2.